The van der Waals surface area contributed by atoms with Crippen LogP contribution in [-0.2, 0) is 6.42 Å². The number of benzene rings is 2. The minimum absolute atomic E-state index is 0.0303. The Kier molecular flexibility index (Phi) is 4.58. The summed E-state index contributed by atoms with van der Waals surface area (Å²) in [4.78, 5) is 11.1. The molecular formula is C15H13ClFNO2. The molecule has 0 aromatic heterocycles. The van der Waals surface area contributed by atoms with Crippen LogP contribution in [0.1, 0.15) is 15.9 Å². The molecule has 0 saturated heterocycles. The van der Waals surface area contributed by atoms with Crippen molar-refractivity contribution in [2.24, 2.45) is 0 Å². The lowest BCUT2D eigenvalue weighted by Crippen LogP contribution is -2.10. The third kappa shape index (κ3) is 3.27. The van der Waals surface area contributed by atoms with Crippen LogP contribution in [0.4, 0.5) is 10.1 Å². The molecule has 0 radical (unpaired) electrons. The molecule has 0 amide bonds. The Balaban J connectivity index is 2.07. The average molecular weight is 294 g/mol. The zero-order valence-corrected chi connectivity index (χ0v) is 11.3. The van der Waals surface area contributed by atoms with Crippen molar-refractivity contribution in [2.45, 2.75) is 6.42 Å². The number of halogens is 2. The van der Waals surface area contributed by atoms with Crippen molar-refractivity contribution in [1.29, 1.82) is 0 Å². The van der Waals surface area contributed by atoms with E-state index in [2.05, 4.69) is 5.32 Å². The first-order valence-electron chi connectivity index (χ1n) is 6.08. The Bertz CT molecular complexity index is 631. The summed E-state index contributed by atoms with van der Waals surface area (Å²) >= 11 is 5.86. The molecule has 0 fully saturated rings. The molecule has 0 heterocycles. The number of carboxylic acid groups (broad SMARTS) is 1. The van der Waals surface area contributed by atoms with Crippen molar-refractivity contribution < 1.29 is 14.3 Å². The standard InChI is InChI=1S/C15H13ClFNO2/c16-11-5-3-7-13(14(11)15(19)20)18-9-8-10-4-1-2-6-12(10)17/h1-7,18H,8-9H2,(H,19,20). The van der Waals surface area contributed by atoms with Gasteiger partial charge >= 0.3 is 5.97 Å². The Morgan fingerprint density at radius 3 is 2.65 bits per heavy atom. The van der Waals surface area contributed by atoms with E-state index in [1.807, 2.05) is 0 Å². The molecule has 0 aliphatic rings. The highest BCUT2D eigenvalue weighted by molar-refractivity contribution is 6.34. The molecule has 5 heteroatoms. The van der Waals surface area contributed by atoms with Crippen LogP contribution in [0.25, 0.3) is 0 Å². The first-order valence-corrected chi connectivity index (χ1v) is 6.46. The molecule has 104 valence electrons. The fourth-order valence-electron chi connectivity index (χ4n) is 1.92. The van der Waals surface area contributed by atoms with Crippen LogP contribution in [0.3, 0.4) is 0 Å². The van der Waals surface area contributed by atoms with Gasteiger partial charge < -0.3 is 10.4 Å². The summed E-state index contributed by atoms with van der Waals surface area (Å²) in [6.07, 6.45) is 0.457. The lowest BCUT2D eigenvalue weighted by molar-refractivity contribution is 0.0698. The van der Waals surface area contributed by atoms with Gasteiger partial charge in [-0.05, 0) is 30.2 Å². The second kappa shape index (κ2) is 6.39. The van der Waals surface area contributed by atoms with E-state index in [1.165, 1.54) is 12.1 Å². The molecule has 0 aliphatic heterocycles. The number of rotatable bonds is 5. The maximum atomic E-state index is 13.4. The number of hydrogen-bond acceptors (Lipinski definition) is 2. The molecule has 0 atom stereocenters. The lowest BCUT2D eigenvalue weighted by atomic mass is 10.1. The van der Waals surface area contributed by atoms with Crippen LogP contribution >= 0.6 is 11.6 Å². The number of aromatic carboxylic acids is 1. The fraction of sp³-hybridized carbons (Fsp3) is 0.133. The van der Waals surface area contributed by atoms with E-state index in [9.17, 15) is 9.18 Å². The molecular weight excluding hydrogens is 281 g/mol. The van der Waals surface area contributed by atoms with E-state index in [0.717, 1.165) is 0 Å². The zero-order chi connectivity index (χ0) is 14.5. The second-order valence-corrected chi connectivity index (χ2v) is 4.64. The second-order valence-electron chi connectivity index (χ2n) is 4.24. The summed E-state index contributed by atoms with van der Waals surface area (Å²) in [5.74, 6) is -1.36. The van der Waals surface area contributed by atoms with Gasteiger partial charge in [-0.3, -0.25) is 0 Å². The third-order valence-electron chi connectivity index (χ3n) is 2.90. The van der Waals surface area contributed by atoms with Crippen LogP contribution in [0.15, 0.2) is 42.5 Å². The highest BCUT2D eigenvalue weighted by Gasteiger charge is 2.13. The Hall–Kier alpha value is -2.07. The average Bonchev–Trinajstić information content (AvgIpc) is 2.40. The molecule has 0 aliphatic carbocycles. The number of carboxylic acids is 1. The number of carbonyl (C=O) groups is 1. The maximum Gasteiger partial charge on any atom is 0.339 e. The minimum atomic E-state index is -1.09. The predicted octanol–water partition coefficient (Wildman–Crippen LogP) is 3.83. The maximum absolute atomic E-state index is 13.4. The first-order chi connectivity index (χ1) is 9.59. The smallest absolute Gasteiger partial charge is 0.339 e. The summed E-state index contributed by atoms with van der Waals surface area (Å²) in [5.41, 5.74) is 1.04. The molecule has 2 aromatic rings. The largest absolute Gasteiger partial charge is 0.478 e. The molecule has 0 unspecified atom stereocenters. The zero-order valence-electron chi connectivity index (χ0n) is 10.6. The molecule has 2 rings (SSSR count). The summed E-state index contributed by atoms with van der Waals surface area (Å²) in [5, 5.41) is 12.3. The van der Waals surface area contributed by atoms with Gasteiger partial charge in [0.05, 0.1) is 10.7 Å². The van der Waals surface area contributed by atoms with Crippen LogP contribution < -0.4 is 5.32 Å². The van der Waals surface area contributed by atoms with E-state index in [4.69, 9.17) is 16.7 Å². The van der Waals surface area contributed by atoms with Gasteiger partial charge in [0.1, 0.15) is 11.4 Å². The predicted molar refractivity (Wildman–Crippen MR) is 77.0 cm³/mol. The SMILES string of the molecule is O=C(O)c1c(Cl)cccc1NCCc1ccccc1F. The first kappa shape index (κ1) is 14.3. The highest BCUT2D eigenvalue weighted by Crippen LogP contribution is 2.24. The topological polar surface area (TPSA) is 49.3 Å². The molecule has 20 heavy (non-hydrogen) atoms. The van der Waals surface area contributed by atoms with E-state index < -0.39 is 5.97 Å². The number of anilines is 1. The Morgan fingerprint density at radius 2 is 1.95 bits per heavy atom. The summed E-state index contributed by atoms with van der Waals surface area (Å²) in [7, 11) is 0. The number of hydrogen-bond donors (Lipinski definition) is 2. The van der Waals surface area contributed by atoms with Crippen molar-refractivity contribution in [3.63, 3.8) is 0 Å². The highest BCUT2D eigenvalue weighted by atomic mass is 35.5. The third-order valence-corrected chi connectivity index (χ3v) is 3.21. The van der Waals surface area contributed by atoms with Gasteiger partial charge in [-0.15, -0.1) is 0 Å². The monoisotopic (exact) mass is 293 g/mol. The summed E-state index contributed by atoms with van der Waals surface area (Å²) in [6, 6.07) is 11.3. The van der Waals surface area contributed by atoms with Crippen LogP contribution in [-0.4, -0.2) is 17.6 Å². The van der Waals surface area contributed by atoms with E-state index >= 15 is 0 Å². The Morgan fingerprint density at radius 1 is 1.20 bits per heavy atom. The Labute approximate surface area is 121 Å². The molecule has 0 bridgehead atoms. The van der Waals surface area contributed by atoms with Crippen molar-refractivity contribution >= 4 is 23.3 Å². The van der Waals surface area contributed by atoms with Crippen molar-refractivity contribution in [1.82, 2.24) is 0 Å². The van der Waals surface area contributed by atoms with Crippen molar-refractivity contribution in [2.75, 3.05) is 11.9 Å². The summed E-state index contributed by atoms with van der Waals surface area (Å²) in [6.45, 7) is 0.418. The van der Waals surface area contributed by atoms with E-state index in [-0.39, 0.29) is 16.4 Å². The summed E-state index contributed by atoms with van der Waals surface area (Å²) < 4.78 is 13.4. The van der Waals surface area contributed by atoms with Crippen LogP contribution in [0, 0.1) is 5.82 Å². The van der Waals surface area contributed by atoms with Gasteiger partial charge in [0.25, 0.3) is 0 Å². The number of nitrogens with one attached hydrogen (secondary N) is 1. The molecule has 2 aromatic carbocycles. The van der Waals surface area contributed by atoms with E-state index in [0.29, 0.717) is 24.2 Å². The van der Waals surface area contributed by atoms with E-state index in [1.54, 1.807) is 30.3 Å². The van der Waals surface area contributed by atoms with Crippen LogP contribution in [0.2, 0.25) is 5.02 Å². The van der Waals surface area contributed by atoms with Crippen molar-refractivity contribution in [3.05, 3.63) is 64.4 Å². The minimum Gasteiger partial charge on any atom is -0.478 e. The van der Waals surface area contributed by atoms with Gasteiger partial charge in [0.15, 0.2) is 0 Å². The van der Waals surface area contributed by atoms with Gasteiger partial charge in [0, 0.05) is 6.54 Å². The van der Waals surface area contributed by atoms with Gasteiger partial charge in [0.2, 0.25) is 0 Å². The molecule has 0 saturated carbocycles. The molecule has 3 nitrogen and oxygen atoms in total. The quantitative estimate of drug-likeness (QED) is 0.881. The normalized spacial score (nSPS) is 10.3. The van der Waals surface area contributed by atoms with Crippen molar-refractivity contribution in [3.8, 4) is 0 Å². The fourth-order valence-corrected chi connectivity index (χ4v) is 2.18. The van der Waals surface area contributed by atoms with Gasteiger partial charge in [-0.1, -0.05) is 35.9 Å². The van der Waals surface area contributed by atoms with Gasteiger partial charge in [-0.25, -0.2) is 9.18 Å². The van der Waals surface area contributed by atoms with Gasteiger partial charge in [-0.2, -0.15) is 0 Å². The molecule has 0 spiro atoms. The van der Waals surface area contributed by atoms with Crippen LogP contribution in [0.5, 0.6) is 0 Å². The molecule has 2 N–H and O–H groups in total. The lowest BCUT2D eigenvalue weighted by Gasteiger charge is -2.11.